The first-order chi connectivity index (χ1) is 17.6. The molecular weight excluding hydrogens is 492 g/mol. The average molecular weight is 530 g/mol. The van der Waals surface area contributed by atoms with Crippen LogP contribution >= 0.6 is 7.52 Å². The molecule has 6 nitrogen and oxygen atoms in total. The summed E-state index contributed by atoms with van der Waals surface area (Å²) in [6.45, 7) is 10.7. The second-order valence-electron chi connectivity index (χ2n) is 9.52. The van der Waals surface area contributed by atoms with Crippen molar-refractivity contribution in [2.75, 3.05) is 26.4 Å². The number of hydrogen-bond donors (Lipinski definition) is 1. The van der Waals surface area contributed by atoms with E-state index in [0.29, 0.717) is 30.8 Å². The molecule has 2 aromatic carbocycles. The lowest BCUT2D eigenvalue weighted by Gasteiger charge is -2.38. The average Bonchev–Trinajstić information content (AvgIpc) is 2.86. The Bertz CT molecular complexity index is 1220. The highest BCUT2D eigenvalue weighted by molar-refractivity contribution is 7.65. The Labute approximate surface area is 219 Å². The van der Waals surface area contributed by atoms with Crippen LogP contribution in [-0.4, -0.2) is 42.1 Å². The van der Waals surface area contributed by atoms with Crippen LogP contribution in [0.1, 0.15) is 50.3 Å². The molecule has 37 heavy (non-hydrogen) atoms. The number of halogens is 1. The molecule has 0 aliphatic carbocycles. The Kier molecular flexibility index (Phi) is 9.88. The van der Waals surface area contributed by atoms with Crippen molar-refractivity contribution >= 4 is 24.4 Å². The molecule has 1 N–H and O–H groups in total. The van der Waals surface area contributed by atoms with E-state index in [9.17, 15) is 14.3 Å². The number of aliphatic carboxylic acids is 1. The fourth-order valence-corrected chi connectivity index (χ4v) is 7.17. The van der Waals surface area contributed by atoms with Gasteiger partial charge in [0.2, 0.25) is 0 Å². The van der Waals surface area contributed by atoms with Gasteiger partial charge in [-0.15, -0.1) is 0 Å². The highest BCUT2D eigenvalue weighted by Crippen LogP contribution is 2.54. The van der Waals surface area contributed by atoms with Gasteiger partial charge in [0.05, 0.1) is 23.2 Å². The van der Waals surface area contributed by atoms with Crippen LogP contribution < -0.4 is 5.30 Å². The van der Waals surface area contributed by atoms with E-state index >= 15 is 4.57 Å². The molecule has 8 heteroatoms. The molecule has 1 saturated heterocycles. The van der Waals surface area contributed by atoms with E-state index in [1.165, 1.54) is 19.1 Å². The number of rotatable bonds is 10. The molecular formula is C29H37FNO5P. The molecule has 2 aromatic rings. The topological polar surface area (TPSA) is 76.1 Å². The lowest BCUT2D eigenvalue weighted by Crippen LogP contribution is -2.35. The summed E-state index contributed by atoms with van der Waals surface area (Å²) in [6, 6.07) is 11.7. The molecule has 1 unspecified atom stereocenters. The first kappa shape index (κ1) is 28.8. The van der Waals surface area contributed by atoms with Gasteiger partial charge in [-0.25, -0.2) is 9.18 Å². The third-order valence-corrected chi connectivity index (χ3v) is 9.42. The van der Waals surface area contributed by atoms with Crippen LogP contribution in [0.25, 0.3) is 5.57 Å². The molecule has 200 valence electrons. The van der Waals surface area contributed by atoms with Gasteiger partial charge >= 0.3 is 13.5 Å². The first-order valence-electron chi connectivity index (χ1n) is 12.6. The molecule has 0 radical (unpaired) electrons. The van der Waals surface area contributed by atoms with E-state index in [0.717, 1.165) is 35.1 Å². The molecule has 1 heterocycles. The van der Waals surface area contributed by atoms with Crippen molar-refractivity contribution in [1.29, 1.82) is 0 Å². The molecule has 3 rings (SSSR count). The van der Waals surface area contributed by atoms with Crippen LogP contribution in [0.3, 0.4) is 0 Å². The second kappa shape index (κ2) is 12.7. The van der Waals surface area contributed by atoms with Crippen molar-refractivity contribution in [2.24, 2.45) is 5.92 Å². The number of ether oxygens (including phenoxy) is 1. The highest BCUT2D eigenvalue weighted by Gasteiger charge is 2.39. The minimum Gasteiger partial charge on any atom is -0.478 e. The SMILES string of the molecule is CCOP(=O)(c1ccc(C)cc1C)N(CC1CCOCC1)C(/C=C(\C)c1ccc(F)cc1)=C(/C)C(=O)O. The quantitative estimate of drug-likeness (QED) is 0.215. The third kappa shape index (κ3) is 6.98. The zero-order valence-corrected chi connectivity index (χ0v) is 23.2. The number of benzene rings is 2. The Balaban J connectivity index is 2.25. The molecule has 1 fully saturated rings. The fourth-order valence-electron chi connectivity index (χ4n) is 4.58. The summed E-state index contributed by atoms with van der Waals surface area (Å²) >= 11 is 0. The number of carboxylic acids is 1. The Morgan fingerprint density at radius 3 is 2.38 bits per heavy atom. The van der Waals surface area contributed by atoms with Crippen molar-refractivity contribution in [3.05, 3.63) is 82.3 Å². The monoisotopic (exact) mass is 529 g/mol. The number of aryl methyl sites for hydroxylation is 2. The van der Waals surface area contributed by atoms with Crippen molar-refractivity contribution in [1.82, 2.24) is 4.67 Å². The lowest BCUT2D eigenvalue weighted by atomic mass is 9.99. The molecule has 1 aliphatic rings. The molecule has 0 amide bonds. The van der Waals surface area contributed by atoms with E-state index in [2.05, 4.69) is 0 Å². The van der Waals surface area contributed by atoms with Gasteiger partial charge in [-0.05, 0) is 94.4 Å². The van der Waals surface area contributed by atoms with Crippen LogP contribution in [-0.2, 0) is 18.6 Å². The molecule has 0 saturated carbocycles. The van der Waals surface area contributed by atoms with Crippen molar-refractivity contribution in [3.8, 4) is 0 Å². The van der Waals surface area contributed by atoms with E-state index in [1.54, 1.807) is 29.8 Å². The molecule has 1 atom stereocenters. The van der Waals surface area contributed by atoms with Crippen LogP contribution in [0.15, 0.2) is 59.8 Å². The number of carboxylic acid groups (broad SMARTS) is 1. The number of nitrogens with zero attached hydrogens (tertiary/aromatic N) is 1. The summed E-state index contributed by atoms with van der Waals surface area (Å²) in [5.41, 5.74) is 3.68. The minimum atomic E-state index is -3.74. The summed E-state index contributed by atoms with van der Waals surface area (Å²) in [5.74, 6) is -1.32. The second-order valence-corrected chi connectivity index (χ2v) is 11.8. The maximum atomic E-state index is 15.0. The standard InChI is InChI=1S/C29H37FNO5P/c1-6-36-37(34,28-12-7-20(2)17-22(28)4)31(19-24-13-15-35-16-14-24)27(23(5)29(32)33)18-21(3)25-8-10-26(30)11-9-25/h7-12,17-18,24H,6,13-16,19H2,1-5H3,(H,32,33)/b21-18+,27-23-. The Morgan fingerprint density at radius 2 is 1.81 bits per heavy atom. The van der Waals surface area contributed by atoms with Crippen molar-refractivity contribution < 1.29 is 28.1 Å². The highest BCUT2D eigenvalue weighted by atomic mass is 31.2. The van der Waals surface area contributed by atoms with E-state index in [4.69, 9.17) is 9.26 Å². The van der Waals surface area contributed by atoms with E-state index in [1.807, 2.05) is 39.0 Å². The van der Waals surface area contributed by atoms with Crippen molar-refractivity contribution in [3.63, 3.8) is 0 Å². The zero-order chi connectivity index (χ0) is 27.2. The Morgan fingerprint density at radius 1 is 1.16 bits per heavy atom. The van der Waals surface area contributed by atoms with Gasteiger partial charge in [0.15, 0.2) is 0 Å². The number of hydrogen-bond acceptors (Lipinski definition) is 4. The maximum Gasteiger partial charge on any atom is 0.333 e. The smallest absolute Gasteiger partial charge is 0.333 e. The van der Waals surface area contributed by atoms with Gasteiger partial charge in [0.1, 0.15) is 5.82 Å². The predicted octanol–water partition coefficient (Wildman–Crippen LogP) is 6.49. The third-order valence-electron chi connectivity index (χ3n) is 6.69. The van der Waals surface area contributed by atoms with Gasteiger partial charge < -0.3 is 14.4 Å². The van der Waals surface area contributed by atoms with Crippen molar-refractivity contribution in [2.45, 2.75) is 47.5 Å². The molecule has 0 bridgehead atoms. The van der Waals surface area contributed by atoms with Gasteiger partial charge in [-0.3, -0.25) is 9.24 Å². The van der Waals surface area contributed by atoms with Crippen LogP contribution in [0.4, 0.5) is 4.39 Å². The summed E-state index contributed by atoms with van der Waals surface area (Å²) in [7, 11) is -3.74. The van der Waals surface area contributed by atoms with Gasteiger partial charge in [0, 0.05) is 19.8 Å². The summed E-state index contributed by atoms with van der Waals surface area (Å²) in [4.78, 5) is 12.3. The van der Waals surface area contributed by atoms with Crippen LogP contribution in [0.2, 0.25) is 0 Å². The largest absolute Gasteiger partial charge is 0.478 e. The summed E-state index contributed by atoms with van der Waals surface area (Å²) in [5, 5.41) is 10.6. The normalized spacial score (nSPS) is 17.2. The fraction of sp³-hybridized carbons (Fsp3) is 0.414. The molecule has 1 aliphatic heterocycles. The first-order valence-corrected chi connectivity index (χ1v) is 14.2. The number of carbonyl (C=O) groups is 1. The summed E-state index contributed by atoms with van der Waals surface area (Å²) < 4.78 is 41.9. The van der Waals surface area contributed by atoms with Gasteiger partial charge in [0.25, 0.3) is 0 Å². The lowest BCUT2D eigenvalue weighted by molar-refractivity contribution is -0.132. The van der Waals surface area contributed by atoms with Gasteiger partial charge in [-0.2, -0.15) is 0 Å². The maximum absolute atomic E-state index is 15.0. The van der Waals surface area contributed by atoms with E-state index < -0.39 is 13.5 Å². The van der Waals surface area contributed by atoms with E-state index in [-0.39, 0.29) is 23.9 Å². The van der Waals surface area contributed by atoms with Crippen LogP contribution in [0.5, 0.6) is 0 Å². The van der Waals surface area contributed by atoms with Crippen LogP contribution in [0, 0.1) is 25.6 Å². The summed E-state index contributed by atoms with van der Waals surface area (Å²) in [6.07, 6.45) is 3.27. The molecule has 0 spiro atoms. The minimum absolute atomic E-state index is 0.0539. The Hall–Kier alpha value is -2.73. The van der Waals surface area contributed by atoms with Gasteiger partial charge in [-0.1, -0.05) is 29.8 Å². The zero-order valence-electron chi connectivity index (χ0n) is 22.3. The predicted molar refractivity (Wildman–Crippen MR) is 145 cm³/mol. The number of allylic oxidation sites excluding steroid dienone is 2. The molecule has 0 aromatic heterocycles.